The van der Waals surface area contributed by atoms with E-state index in [9.17, 15) is 5.11 Å². The molecule has 2 aromatic rings. The summed E-state index contributed by atoms with van der Waals surface area (Å²) in [4.78, 5) is 11.9. The minimum Gasteiger partial charge on any atom is -0.394 e. The molecule has 1 atom stereocenters. The van der Waals surface area contributed by atoms with E-state index in [1.807, 2.05) is 18.2 Å². The van der Waals surface area contributed by atoms with Crippen molar-refractivity contribution in [3.63, 3.8) is 0 Å². The first kappa shape index (κ1) is 11.8. The Bertz CT molecular complexity index is 480. The second kappa shape index (κ2) is 5.56. The molecule has 0 amide bonds. The lowest BCUT2D eigenvalue weighted by molar-refractivity contribution is 0.274. The summed E-state index contributed by atoms with van der Waals surface area (Å²) >= 11 is 5.68. The summed E-state index contributed by atoms with van der Waals surface area (Å²) in [6.45, 7) is -0.0847. The number of aromatic nitrogens is 3. The zero-order valence-corrected chi connectivity index (χ0v) is 9.67. The lowest BCUT2D eigenvalue weighted by atomic mass is 10.2. The van der Waals surface area contributed by atoms with Crippen LogP contribution in [0.3, 0.4) is 0 Å². The molecule has 2 heterocycles. The van der Waals surface area contributed by atoms with Crippen molar-refractivity contribution in [3.8, 4) is 0 Å². The third-order valence-electron chi connectivity index (χ3n) is 2.18. The van der Waals surface area contributed by atoms with Crippen molar-refractivity contribution >= 4 is 17.4 Å². The minimum atomic E-state index is -0.317. The zero-order valence-electron chi connectivity index (χ0n) is 8.92. The first-order valence-electron chi connectivity index (χ1n) is 5.06. The number of rotatable bonds is 4. The molecule has 0 saturated heterocycles. The van der Waals surface area contributed by atoms with Crippen molar-refractivity contribution in [2.75, 3.05) is 11.9 Å². The molecule has 5 nitrogen and oxygen atoms in total. The Morgan fingerprint density at radius 1 is 1.24 bits per heavy atom. The summed E-state index contributed by atoms with van der Waals surface area (Å²) in [7, 11) is 0. The van der Waals surface area contributed by atoms with Crippen LogP contribution >= 0.6 is 11.6 Å². The molecule has 2 rings (SSSR count). The van der Waals surface area contributed by atoms with Gasteiger partial charge in [0, 0.05) is 12.4 Å². The monoisotopic (exact) mass is 250 g/mol. The van der Waals surface area contributed by atoms with Crippen LogP contribution in [0.25, 0.3) is 0 Å². The normalized spacial score (nSPS) is 12.1. The third kappa shape index (κ3) is 3.12. The van der Waals surface area contributed by atoms with Gasteiger partial charge in [0.1, 0.15) is 5.82 Å². The Morgan fingerprint density at radius 2 is 2.12 bits per heavy atom. The van der Waals surface area contributed by atoms with Gasteiger partial charge in [0.15, 0.2) is 0 Å². The van der Waals surface area contributed by atoms with Gasteiger partial charge >= 0.3 is 0 Å². The molecule has 0 spiro atoms. The molecule has 0 saturated carbocycles. The van der Waals surface area contributed by atoms with Gasteiger partial charge in [0.05, 0.1) is 18.3 Å². The lowest BCUT2D eigenvalue weighted by Crippen LogP contribution is -2.16. The highest BCUT2D eigenvalue weighted by atomic mass is 35.5. The van der Waals surface area contributed by atoms with Crippen LogP contribution in [0.15, 0.2) is 36.7 Å². The zero-order chi connectivity index (χ0) is 12.1. The molecule has 2 N–H and O–H groups in total. The molecule has 0 bridgehead atoms. The topological polar surface area (TPSA) is 70.9 Å². The highest BCUT2D eigenvalue weighted by molar-refractivity contribution is 6.28. The molecular formula is C11H11ClN4O. The summed E-state index contributed by atoms with van der Waals surface area (Å²) < 4.78 is 0. The summed E-state index contributed by atoms with van der Waals surface area (Å²) in [6, 6.07) is 6.87. The van der Waals surface area contributed by atoms with E-state index in [4.69, 9.17) is 11.6 Å². The van der Waals surface area contributed by atoms with Gasteiger partial charge in [-0.15, -0.1) is 0 Å². The molecular weight excluding hydrogens is 240 g/mol. The molecule has 0 radical (unpaired) electrons. The maximum absolute atomic E-state index is 9.33. The van der Waals surface area contributed by atoms with Crippen molar-refractivity contribution in [3.05, 3.63) is 47.6 Å². The van der Waals surface area contributed by atoms with Crippen LogP contribution in [0.5, 0.6) is 0 Å². The molecule has 0 fully saturated rings. The van der Waals surface area contributed by atoms with Crippen molar-refractivity contribution in [1.29, 1.82) is 0 Å². The van der Waals surface area contributed by atoms with E-state index in [0.29, 0.717) is 5.82 Å². The summed E-state index contributed by atoms with van der Waals surface area (Å²) in [5.41, 5.74) is 0.740. The van der Waals surface area contributed by atoms with E-state index in [2.05, 4.69) is 20.3 Å². The number of halogens is 1. The van der Waals surface area contributed by atoms with E-state index in [-0.39, 0.29) is 17.9 Å². The fourth-order valence-corrected chi connectivity index (χ4v) is 1.54. The molecule has 17 heavy (non-hydrogen) atoms. The fraction of sp³-hybridized carbons (Fsp3) is 0.182. The Kier molecular flexibility index (Phi) is 3.85. The van der Waals surface area contributed by atoms with Gasteiger partial charge < -0.3 is 10.4 Å². The number of aliphatic hydroxyl groups excluding tert-OH is 1. The van der Waals surface area contributed by atoms with E-state index < -0.39 is 0 Å². The van der Waals surface area contributed by atoms with Crippen molar-refractivity contribution < 1.29 is 5.11 Å². The standard InChI is InChI=1S/C11H11ClN4O/c12-11-14-6-4-10(16-11)15-9(7-17)8-3-1-2-5-13-8/h1-6,9,17H,7H2,(H,14,15,16). The highest BCUT2D eigenvalue weighted by Crippen LogP contribution is 2.16. The van der Waals surface area contributed by atoms with Crippen LogP contribution in [0, 0.1) is 0 Å². The van der Waals surface area contributed by atoms with Gasteiger partial charge in [0.25, 0.3) is 0 Å². The van der Waals surface area contributed by atoms with E-state index in [0.717, 1.165) is 5.69 Å². The van der Waals surface area contributed by atoms with E-state index in [1.165, 1.54) is 0 Å². The van der Waals surface area contributed by atoms with Crippen LogP contribution in [0.2, 0.25) is 5.28 Å². The van der Waals surface area contributed by atoms with Gasteiger partial charge in [-0.25, -0.2) is 9.97 Å². The predicted octanol–water partition coefficient (Wildman–Crippen LogP) is 1.67. The summed E-state index contributed by atoms with van der Waals surface area (Å²) in [5.74, 6) is 0.551. The number of hydrogen-bond donors (Lipinski definition) is 2. The number of aliphatic hydroxyl groups is 1. The minimum absolute atomic E-state index is 0.0847. The molecule has 88 valence electrons. The molecule has 0 aliphatic heterocycles. The quantitative estimate of drug-likeness (QED) is 0.808. The first-order valence-corrected chi connectivity index (χ1v) is 5.44. The second-order valence-corrected chi connectivity index (χ2v) is 3.68. The first-order chi connectivity index (χ1) is 8.29. The number of nitrogens with zero attached hydrogens (tertiary/aromatic N) is 3. The molecule has 6 heteroatoms. The average Bonchev–Trinajstić information content (AvgIpc) is 2.37. The number of nitrogens with one attached hydrogen (secondary N) is 1. The fourth-order valence-electron chi connectivity index (χ4n) is 1.39. The molecule has 0 aliphatic carbocycles. The van der Waals surface area contributed by atoms with E-state index in [1.54, 1.807) is 18.5 Å². The largest absolute Gasteiger partial charge is 0.394 e. The highest BCUT2D eigenvalue weighted by Gasteiger charge is 2.11. The molecule has 0 aromatic carbocycles. The summed E-state index contributed by atoms with van der Waals surface area (Å²) in [6.07, 6.45) is 3.22. The predicted molar refractivity (Wildman–Crippen MR) is 64.7 cm³/mol. The number of pyridine rings is 1. The van der Waals surface area contributed by atoms with Gasteiger partial charge in [-0.1, -0.05) is 6.07 Å². The van der Waals surface area contributed by atoms with Crippen molar-refractivity contribution in [2.45, 2.75) is 6.04 Å². The van der Waals surface area contributed by atoms with Gasteiger partial charge in [0.2, 0.25) is 5.28 Å². The lowest BCUT2D eigenvalue weighted by Gasteiger charge is -2.15. The van der Waals surface area contributed by atoms with Crippen LogP contribution in [-0.2, 0) is 0 Å². The Labute approximate surface area is 104 Å². The van der Waals surface area contributed by atoms with Crippen LogP contribution in [-0.4, -0.2) is 26.7 Å². The second-order valence-electron chi connectivity index (χ2n) is 3.35. The SMILES string of the molecule is OCC(Nc1ccnc(Cl)n1)c1ccccn1. The van der Waals surface area contributed by atoms with Gasteiger partial charge in [-0.3, -0.25) is 4.98 Å². The molecule has 1 unspecified atom stereocenters. The van der Waals surface area contributed by atoms with Gasteiger partial charge in [-0.2, -0.15) is 0 Å². The number of anilines is 1. The average molecular weight is 251 g/mol. The third-order valence-corrected chi connectivity index (χ3v) is 2.36. The maximum atomic E-state index is 9.33. The summed E-state index contributed by atoms with van der Waals surface area (Å²) in [5, 5.41) is 12.5. The van der Waals surface area contributed by atoms with Crippen LogP contribution < -0.4 is 5.32 Å². The molecule has 2 aromatic heterocycles. The van der Waals surface area contributed by atoms with Crippen molar-refractivity contribution in [1.82, 2.24) is 15.0 Å². The smallest absolute Gasteiger partial charge is 0.224 e. The van der Waals surface area contributed by atoms with Gasteiger partial charge in [-0.05, 0) is 29.8 Å². The van der Waals surface area contributed by atoms with Crippen LogP contribution in [0.1, 0.15) is 11.7 Å². The van der Waals surface area contributed by atoms with Crippen LogP contribution in [0.4, 0.5) is 5.82 Å². The Morgan fingerprint density at radius 3 is 2.76 bits per heavy atom. The Balaban J connectivity index is 2.16. The Hall–Kier alpha value is -1.72. The van der Waals surface area contributed by atoms with E-state index >= 15 is 0 Å². The number of hydrogen-bond acceptors (Lipinski definition) is 5. The molecule has 0 aliphatic rings. The van der Waals surface area contributed by atoms with Crippen molar-refractivity contribution in [2.24, 2.45) is 0 Å². The maximum Gasteiger partial charge on any atom is 0.224 e.